The molecular formula is C14H23NO15S. The Balaban J connectivity index is 2.53. The van der Waals surface area contributed by atoms with E-state index in [2.05, 4.69) is 4.18 Å². The summed E-state index contributed by atoms with van der Waals surface area (Å²) >= 11 is 0. The Morgan fingerprint density at radius 3 is 2.13 bits per heavy atom. The predicted molar refractivity (Wildman–Crippen MR) is 91.3 cm³/mol. The minimum atomic E-state index is -5.24. The minimum Gasteiger partial charge on any atom is -0.479 e. The molecular weight excluding hydrogens is 454 g/mol. The van der Waals surface area contributed by atoms with E-state index in [-0.39, 0.29) is 0 Å². The fourth-order valence-electron chi connectivity index (χ4n) is 3.51. The molecule has 10 atom stereocenters. The first kappa shape index (κ1) is 25.7. The van der Waals surface area contributed by atoms with E-state index in [1.807, 2.05) is 5.32 Å². The van der Waals surface area contributed by atoms with Crippen LogP contribution in [0.2, 0.25) is 0 Å². The van der Waals surface area contributed by atoms with Gasteiger partial charge in [-0.3, -0.25) is 9.35 Å². The normalized spacial score (nSPS) is 43.9. The molecule has 2 aliphatic heterocycles. The van der Waals surface area contributed by atoms with E-state index in [1.165, 1.54) is 0 Å². The van der Waals surface area contributed by atoms with Crippen molar-refractivity contribution in [2.24, 2.45) is 0 Å². The molecule has 0 aromatic rings. The van der Waals surface area contributed by atoms with Gasteiger partial charge in [-0.1, -0.05) is 0 Å². The Morgan fingerprint density at radius 2 is 1.68 bits per heavy atom. The third-order valence-corrected chi connectivity index (χ3v) is 5.33. The molecule has 31 heavy (non-hydrogen) atoms. The topological polar surface area (TPSA) is 270 Å². The SMILES string of the molecule is CC(=O)N[C@@H]1[C@@H](O)[C@@H](OS(=O)(=O)O)[C@@H](CO)OC1(O)C1O[C@@H](C(=O)O)[C@@H](O)[C@H](O)[C@H]1O. The van der Waals surface area contributed by atoms with E-state index < -0.39 is 89.5 Å². The van der Waals surface area contributed by atoms with Gasteiger partial charge in [0.1, 0.15) is 48.8 Å². The van der Waals surface area contributed by atoms with Crippen LogP contribution in [-0.2, 0) is 33.6 Å². The molecule has 0 aliphatic carbocycles. The number of amides is 1. The number of rotatable bonds is 6. The Labute approximate surface area is 174 Å². The molecule has 2 fully saturated rings. The number of carboxylic acids is 1. The maximum absolute atomic E-state index is 11.6. The number of hydrogen-bond acceptors (Lipinski definition) is 13. The monoisotopic (exact) mass is 477 g/mol. The van der Waals surface area contributed by atoms with Crippen molar-refractivity contribution in [3.63, 3.8) is 0 Å². The largest absolute Gasteiger partial charge is 0.479 e. The molecule has 2 rings (SSSR count). The fraction of sp³-hybridized carbons (Fsp3) is 0.857. The highest BCUT2D eigenvalue weighted by atomic mass is 32.3. The van der Waals surface area contributed by atoms with Gasteiger partial charge in [-0.2, -0.15) is 8.42 Å². The van der Waals surface area contributed by atoms with Crippen LogP contribution in [0.4, 0.5) is 0 Å². The molecule has 17 heteroatoms. The molecule has 0 spiro atoms. The van der Waals surface area contributed by atoms with E-state index in [9.17, 15) is 53.8 Å². The summed E-state index contributed by atoms with van der Waals surface area (Å²) in [5, 5.41) is 72.4. The lowest BCUT2D eigenvalue weighted by atomic mass is 9.81. The minimum absolute atomic E-state index is 0.904. The zero-order valence-electron chi connectivity index (χ0n) is 15.7. The van der Waals surface area contributed by atoms with Crippen LogP contribution in [0.1, 0.15) is 6.92 Å². The van der Waals surface area contributed by atoms with Crippen LogP contribution in [0.15, 0.2) is 0 Å². The smallest absolute Gasteiger partial charge is 0.397 e. The van der Waals surface area contributed by atoms with Crippen LogP contribution in [0.5, 0.6) is 0 Å². The first-order chi connectivity index (χ1) is 14.1. The summed E-state index contributed by atoms with van der Waals surface area (Å²) in [5.41, 5.74) is 0. The molecule has 0 aromatic carbocycles. The van der Waals surface area contributed by atoms with Gasteiger partial charge in [0.2, 0.25) is 11.7 Å². The number of nitrogens with one attached hydrogen (secondary N) is 1. The lowest BCUT2D eigenvalue weighted by Gasteiger charge is -2.53. The number of carbonyl (C=O) groups is 2. The van der Waals surface area contributed by atoms with E-state index in [0.717, 1.165) is 6.92 Å². The van der Waals surface area contributed by atoms with Crippen LogP contribution in [0, 0.1) is 0 Å². The third kappa shape index (κ3) is 5.12. The third-order valence-electron chi connectivity index (χ3n) is 4.87. The highest BCUT2D eigenvalue weighted by molar-refractivity contribution is 7.80. The van der Waals surface area contributed by atoms with Crippen LogP contribution in [0.25, 0.3) is 0 Å². The summed E-state index contributed by atoms with van der Waals surface area (Å²) in [4.78, 5) is 22.9. The molecule has 16 nitrogen and oxygen atoms in total. The van der Waals surface area contributed by atoms with Crippen LogP contribution in [-0.4, -0.2) is 128 Å². The second-order valence-corrected chi connectivity index (χ2v) is 8.08. The molecule has 0 saturated carbocycles. The van der Waals surface area contributed by atoms with Gasteiger partial charge in [0.25, 0.3) is 0 Å². The van der Waals surface area contributed by atoms with Crippen molar-refractivity contribution in [1.82, 2.24) is 5.32 Å². The number of aliphatic hydroxyl groups excluding tert-OH is 5. The zero-order valence-corrected chi connectivity index (χ0v) is 16.6. The first-order valence-electron chi connectivity index (χ1n) is 8.68. The van der Waals surface area contributed by atoms with Crippen LogP contribution < -0.4 is 5.32 Å². The van der Waals surface area contributed by atoms with Gasteiger partial charge < -0.3 is 50.5 Å². The van der Waals surface area contributed by atoms with Gasteiger partial charge in [0, 0.05) is 6.92 Å². The number of aliphatic hydroxyl groups is 6. The van der Waals surface area contributed by atoms with Gasteiger partial charge in [-0.25, -0.2) is 8.98 Å². The summed E-state index contributed by atoms with van der Waals surface area (Å²) < 4.78 is 45.5. The molecule has 2 heterocycles. The number of carbonyl (C=O) groups excluding carboxylic acids is 1. The van der Waals surface area contributed by atoms with Crippen molar-refractivity contribution in [1.29, 1.82) is 0 Å². The second-order valence-electron chi connectivity index (χ2n) is 7.04. The van der Waals surface area contributed by atoms with Gasteiger partial charge >= 0.3 is 16.4 Å². The first-order valence-corrected chi connectivity index (χ1v) is 10.0. The van der Waals surface area contributed by atoms with Gasteiger partial charge in [-0.05, 0) is 0 Å². The molecule has 1 amide bonds. The molecule has 0 radical (unpaired) electrons. The van der Waals surface area contributed by atoms with E-state index in [1.54, 1.807) is 0 Å². The Bertz CT molecular complexity index is 791. The Kier molecular flexibility index (Phi) is 7.61. The number of aliphatic carboxylic acids is 1. The molecule has 180 valence electrons. The quantitative estimate of drug-likeness (QED) is 0.161. The van der Waals surface area contributed by atoms with Gasteiger partial charge in [0.15, 0.2) is 6.10 Å². The standard InChI is InChI=1S/C14H23NO15S/c1-3(17)15-11-8(21)9(30-31(25,26)27)4(2-16)29-14(11,24)12-7(20)5(18)6(19)10(28-12)13(22)23/h4-12,16,18-21,24H,2H2,1H3,(H,15,17)(H,22,23)(H,25,26,27)/t4-,5+,6+,7-,8+,9+,10-,11-,12?,14?/m1/s1. The van der Waals surface area contributed by atoms with Gasteiger partial charge in [0.05, 0.1) is 6.61 Å². The highest BCUT2D eigenvalue weighted by Crippen LogP contribution is 2.38. The average molecular weight is 477 g/mol. The number of hydrogen-bond donors (Lipinski definition) is 9. The summed E-state index contributed by atoms with van der Waals surface area (Å²) in [6.45, 7) is -0.247. The molecule has 2 saturated heterocycles. The average Bonchev–Trinajstić information content (AvgIpc) is 2.64. The van der Waals surface area contributed by atoms with Crippen molar-refractivity contribution in [3.05, 3.63) is 0 Å². The molecule has 9 N–H and O–H groups in total. The summed E-state index contributed by atoms with van der Waals surface area (Å²) in [5.74, 6) is -5.86. The summed E-state index contributed by atoms with van der Waals surface area (Å²) in [7, 11) is -5.24. The van der Waals surface area contributed by atoms with E-state index >= 15 is 0 Å². The lowest BCUT2D eigenvalue weighted by molar-refractivity contribution is -0.380. The predicted octanol–water partition coefficient (Wildman–Crippen LogP) is -5.95. The maximum Gasteiger partial charge on any atom is 0.397 e. The van der Waals surface area contributed by atoms with Crippen LogP contribution in [0.3, 0.4) is 0 Å². The summed E-state index contributed by atoms with van der Waals surface area (Å²) in [6.07, 6.45) is -17.4. The van der Waals surface area contributed by atoms with Crippen molar-refractivity contribution < 1.29 is 72.0 Å². The Morgan fingerprint density at radius 1 is 1.10 bits per heavy atom. The second kappa shape index (κ2) is 9.16. The number of ether oxygens (including phenoxy) is 2. The molecule has 0 bridgehead atoms. The highest BCUT2D eigenvalue weighted by Gasteiger charge is 2.64. The zero-order chi connectivity index (χ0) is 23.9. The summed E-state index contributed by atoms with van der Waals surface area (Å²) in [6, 6.07) is -2.11. The lowest BCUT2D eigenvalue weighted by Crippen LogP contribution is -2.78. The molecule has 2 unspecified atom stereocenters. The van der Waals surface area contributed by atoms with E-state index in [0.29, 0.717) is 0 Å². The van der Waals surface area contributed by atoms with Crippen molar-refractivity contribution >= 4 is 22.3 Å². The van der Waals surface area contributed by atoms with E-state index in [4.69, 9.17) is 14.0 Å². The van der Waals surface area contributed by atoms with Gasteiger partial charge in [-0.15, -0.1) is 0 Å². The van der Waals surface area contributed by atoms with Crippen molar-refractivity contribution in [3.8, 4) is 0 Å². The number of carboxylic acid groups (broad SMARTS) is 1. The van der Waals surface area contributed by atoms with Crippen molar-refractivity contribution in [2.75, 3.05) is 6.61 Å². The maximum atomic E-state index is 11.6. The Hall–Kier alpha value is -1.51. The molecule has 0 aromatic heterocycles. The fourth-order valence-corrected chi connectivity index (χ4v) is 4.03. The van der Waals surface area contributed by atoms with Crippen molar-refractivity contribution in [2.45, 2.75) is 67.6 Å². The molecule has 2 aliphatic rings. The van der Waals surface area contributed by atoms with Crippen LogP contribution >= 0.6 is 0 Å².